The highest BCUT2D eigenvalue weighted by molar-refractivity contribution is 7.79. The Hall–Kier alpha value is -4.06. The van der Waals surface area contributed by atoms with Crippen LogP contribution in [-0.2, 0) is 15.5 Å². The molecule has 2 unspecified atom stereocenters. The van der Waals surface area contributed by atoms with Crippen LogP contribution >= 0.6 is 105 Å². The summed E-state index contributed by atoms with van der Waals surface area (Å²) in [6.07, 6.45) is 1.04. The van der Waals surface area contributed by atoms with E-state index in [2.05, 4.69) is 9.69 Å². The number of benzene rings is 4. The Morgan fingerprint density at radius 2 is 1.12 bits per heavy atom. The molecular formula is C42H30Cl8F2N6O5S. The van der Waals surface area contributed by atoms with Crippen molar-refractivity contribution in [1.82, 2.24) is 9.80 Å². The van der Waals surface area contributed by atoms with Crippen LogP contribution in [0.1, 0.15) is 43.0 Å². The van der Waals surface area contributed by atoms with Crippen molar-refractivity contribution in [3.05, 3.63) is 139 Å². The molecule has 4 heterocycles. The number of carbonyl (C=O) groups is 5. The zero-order valence-electron chi connectivity index (χ0n) is 34.4. The molecular weight excluding hydrogens is 1020 g/mol. The normalized spacial score (nSPS) is 20.4. The molecule has 0 aromatic heterocycles. The maximum absolute atomic E-state index is 15.7. The number of halogens is 10. The van der Waals surface area contributed by atoms with Gasteiger partial charge in [-0.1, -0.05) is 141 Å². The number of thiol groups is 1. The first-order chi connectivity index (χ1) is 31.0. The number of imide groups is 2. The van der Waals surface area contributed by atoms with E-state index >= 15 is 8.78 Å². The van der Waals surface area contributed by atoms with Gasteiger partial charge < -0.3 is 9.80 Å². The van der Waals surface area contributed by atoms with Crippen molar-refractivity contribution in [3.8, 4) is 0 Å². The smallest absolute Gasteiger partial charge is 0.303 e. The molecule has 64 heavy (non-hydrogen) atoms. The van der Waals surface area contributed by atoms with E-state index < -0.39 is 55.5 Å². The molecule has 4 aromatic carbocycles. The number of Topliss-reactive ketones (excluding diaryl/α,β-unsaturated/α-hetero) is 1. The van der Waals surface area contributed by atoms with E-state index in [0.29, 0.717) is 18.7 Å². The van der Waals surface area contributed by atoms with Crippen molar-refractivity contribution >= 4 is 158 Å². The molecule has 4 fully saturated rings. The quantitative estimate of drug-likeness (QED) is 0.0517. The minimum Gasteiger partial charge on any atom is -0.303 e. The number of carbonyl (C=O) groups excluding carboxylic acids is 5. The highest BCUT2D eigenvalue weighted by Crippen LogP contribution is 2.54. The maximum Gasteiger partial charge on any atom is 0.332 e. The third-order valence-electron chi connectivity index (χ3n) is 10.4. The minimum atomic E-state index is -3.66. The van der Waals surface area contributed by atoms with Crippen LogP contribution in [-0.4, -0.2) is 74.2 Å². The van der Waals surface area contributed by atoms with Crippen molar-refractivity contribution in [3.63, 3.8) is 0 Å². The number of fused-ring (bicyclic) bond motifs is 2. The molecule has 4 saturated heterocycles. The van der Waals surface area contributed by atoms with E-state index in [1.165, 1.54) is 77.7 Å². The largest absolute Gasteiger partial charge is 0.332 e. The van der Waals surface area contributed by atoms with Crippen LogP contribution in [0, 0.1) is 13.1 Å². The van der Waals surface area contributed by atoms with Gasteiger partial charge in [0, 0.05) is 45.7 Å². The molecule has 0 spiro atoms. The number of anilines is 2. The molecule has 0 bridgehead atoms. The summed E-state index contributed by atoms with van der Waals surface area (Å²) >= 11 is 44.1. The Kier molecular flexibility index (Phi) is 15.1. The summed E-state index contributed by atoms with van der Waals surface area (Å²) in [5, 5.41) is 0.918. The van der Waals surface area contributed by atoms with Crippen LogP contribution < -0.4 is 9.80 Å². The summed E-state index contributed by atoms with van der Waals surface area (Å²) in [6.45, 7) is 14.3. The average Bonchev–Trinajstić information content (AvgIpc) is 4.01. The maximum atomic E-state index is 15.7. The molecule has 4 aliphatic heterocycles. The number of rotatable bonds is 6. The van der Waals surface area contributed by atoms with Gasteiger partial charge in [0.1, 0.15) is 1.12 Å². The highest BCUT2D eigenvalue weighted by atomic mass is 35.6. The van der Waals surface area contributed by atoms with Gasteiger partial charge in [-0.2, -0.15) is 21.3 Å². The minimum absolute atomic E-state index is 0.0328. The Labute approximate surface area is 414 Å². The van der Waals surface area contributed by atoms with Crippen LogP contribution in [0.5, 0.6) is 0 Å². The Morgan fingerprint density at radius 3 is 1.58 bits per heavy atom. The van der Waals surface area contributed by atoms with Crippen LogP contribution in [0.25, 0.3) is 9.69 Å². The van der Waals surface area contributed by atoms with Crippen molar-refractivity contribution < 1.29 is 34.1 Å². The second kappa shape index (κ2) is 20.2. The average molecular weight is 1060 g/mol. The molecule has 4 aromatic rings. The van der Waals surface area contributed by atoms with Gasteiger partial charge in [0.15, 0.2) is 28.2 Å². The monoisotopic (exact) mass is 1050 g/mol. The van der Waals surface area contributed by atoms with Gasteiger partial charge in [-0.25, -0.2) is 29.1 Å². The zero-order valence-corrected chi connectivity index (χ0v) is 39.3. The van der Waals surface area contributed by atoms with E-state index in [9.17, 15) is 24.0 Å². The summed E-state index contributed by atoms with van der Waals surface area (Å²) in [4.78, 5) is 76.5. The second-order valence-electron chi connectivity index (χ2n) is 14.0. The number of hydrogen-bond donors (Lipinski definition) is 1. The third kappa shape index (κ3) is 9.73. The standard InChI is InChI=1S/C20H13Cl2F2N3O2.C20H13Cl2N3O3.CCl4.CH4S/c1-25-15-5-3-12(4-6-15)20(23,24)19-7-2-8-26(19)18(29)27(17(19)28)16-10-13(21)9-14(22)11-16;1-23-15-5-3-12(4-6-15)17(26)20-7-2-8-24(20)19(28)25(18(20)27)16-10-13(21)9-14(22)11-16;2-1(3,4)5;1-2/h3-6,9-11H,2,7-8H2;3-6,9-11H,2,7-8H2;;2H,1H3/i;;;1D/hT. The lowest BCUT2D eigenvalue weighted by Crippen LogP contribution is -2.57. The SMILES string of the molecule is ClC(Cl)(Cl)Cl.[2H]CS[3H].[C-]#[N+]c1ccc(C(=O)C23CCCN2C(=O)N(c2cc(Cl)cc(Cl)c2)C3=O)cc1.[C-]#[N+]c1ccc(C(F)(F)C23CCCN2C(=O)N(c2cc(Cl)cc(Cl)c2)C3=O)cc1. The number of nitrogens with zero attached hydrogens (tertiary/aromatic N) is 6. The molecule has 334 valence electrons. The Morgan fingerprint density at radius 1 is 0.719 bits per heavy atom. The first-order valence-corrected chi connectivity index (χ1v) is 21.9. The molecule has 8 rings (SSSR count). The van der Waals surface area contributed by atoms with Crippen molar-refractivity contribution in [2.45, 2.75) is 45.9 Å². The first-order valence-electron chi connectivity index (χ1n) is 19.4. The topological polar surface area (TPSA) is 107 Å². The number of urea groups is 2. The van der Waals surface area contributed by atoms with E-state index in [0.717, 1.165) is 39.4 Å². The van der Waals surface area contributed by atoms with Crippen LogP contribution in [0.15, 0.2) is 84.9 Å². The van der Waals surface area contributed by atoms with Gasteiger partial charge in [-0.15, -0.1) is 0 Å². The summed E-state index contributed by atoms with van der Waals surface area (Å²) in [5.41, 5.74) is -3.18. The lowest BCUT2D eigenvalue weighted by Gasteiger charge is -2.36. The summed E-state index contributed by atoms with van der Waals surface area (Å²) in [7, 11) is 0. The Bertz CT molecular complexity index is 2590. The van der Waals surface area contributed by atoms with Gasteiger partial charge >= 0.3 is 18.0 Å². The summed E-state index contributed by atoms with van der Waals surface area (Å²) < 4.78 is 42.3. The van der Waals surface area contributed by atoms with Gasteiger partial charge in [-0.05, 0) is 68.3 Å². The van der Waals surface area contributed by atoms with Gasteiger partial charge in [0.2, 0.25) is 0 Å². The number of hydrogen-bond acceptors (Lipinski definition) is 6. The summed E-state index contributed by atoms with van der Waals surface area (Å²) in [6, 6.07) is 18.0. The molecule has 0 saturated carbocycles. The van der Waals surface area contributed by atoms with Crippen molar-refractivity contribution in [1.29, 1.82) is 1.12 Å². The molecule has 4 aliphatic rings. The lowest BCUT2D eigenvalue weighted by molar-refractivity contribution is -0.152. The van der Waals surface area contributed by atoms with Gasteiger partial charge in [-0.3, -0.25) is 14.4 Å². The first kappa shape index (κ1) is 47.9. The molecule has 0 N–H and O–H groups in total. The second-order valence-corrected chi connectivity index (χ2v) is 19.2. The number of amides is 6. The Balaban J connectivity index is 0.000000209. The fourth-order valence-electron chi connectivity index (χ4n) is 7.88. The van der Waals surface area contributed by atoms with E-state index in [-0.39, 0.29) is 74.8 Å². The van der Waals surface area contributed by atoms with Gasteiger partial charge in [0.25, 0.3) is 15.1 Å². The molecule has 11 nitrogen and oxygen atoms in total. The molecule has 0 aliphatic carbocycles. The van der Waals surface area contributed by atoms with E-state index in [1.807, 2.05) is 0 Å². The van der Waals surface area contributed by atoms with Crippen molar-refractivity contribution in [2.75, 3.05) is 29.1 Å². The van der Waals surface area contributed by atoms with Gasteiger partial charge in [0.05, 0.1) is 24.5 Å². The van der Waals surface area contributed by atoms with E-state index in [1.54, 1.807) is 0 Å². The predicted molar refractivity (Wildman–Crippen MR) is 251 cm³/mol. The molecule has 2 atom stereocenters. The van der Waals surface area contributed by atoms with Crippen LogP contribution in [0.4, 0.5) is 41.1 Å². The third-order valence-corrected chi connectivity index (χ3v) is 11.3. The van der Waals surface area contributed by atoms with Crippen LogP contribution in [0.3, 0.4) is 0 Å². The van der Waals surface area contributed by atoms with E-state index in [4.69, 9.17) is 108 Å². The van der Waals surface area contributed by atoms with Crippen molar-refractivity contribution in [2.24, 2.45) is 0 Å². The number of ketones is 1. The summed E-state index contributed by atoms with van der Waals surface area (Å²) in [5.74, 6) is -5.73. The highest BCUT2D eigenvalue weighted by Gasteiger charge is 2.72. The number of alkyl halides is 6. The fourth-order valence-corrected chi connectivity index (χ4v) is 8.91. The zero-order chi connectivity index (χ0) is 48.9. The lowest BCUT2D eigenvalue weighted by atomic mass is 9.83. The molecule has 6 amide bonds. The predicted octanol–water partition coefficient (Wildman–Crippen LogP) is 13.5. The fraction of sp³-hybridized carbons (Fsp3) is 0.262. The molecule has 0 radical (unpaired) electrons. The molecule has 22 heteroatoms. The van der Waals surface area contributed by atoms with Crippen LogP contribution in [0.2, 0.25) is 20.1 Å².